The minimum atomic E-state index is -0.0761. The maximum atomic E-state index is 12.6. The Morgan fingerprint density at radius 1 is 1.10 bits per heavy atom. The van der Waals surface area contributed by atoms with E-state index in [1.165, 1.54) is 25.2 Å². The lowest BCUT2D eigenvalue weighted by Crippen LogP contribution is -2.09. The van der Waals surface area contributed by atoms with E-state index in [0.29, 0.717) is 36.5 Å². The van der Waals surface area contributed by atoms with Gasteiger partial charge in [-0.2, -0.15) is 0 Å². The van der Waals surface area contributed by atoms with E-state index in [0.717, 1.165) is 16.8 Å². The van der Waals surface area contributed by atoms with Crippen LogP contribution in [0.25, 0.3) is 0 Å². The number of aromatic nitrogens is 3. The van der Waals surface area contributed by atoms with Crippen LogP contribution in [0.2, 0.25) is 0 Å². The molecule has 0 saturated heterocycles. The predicted molar refractivity (Wildman–Crippen MR) is 111 cm³/mol. The number of hydrogen-bond donors (Lipinski definition) is 2. The van der Waals surface area contributed by atoms with Crippen molar-refractivity contribution in [2.45, 2.75) is 25.8 Å². The summed E-state index contributed by atoms with van der Waals surface area (Å²) >= 11 is 0. The van der Waals surface area contributed by atoms with Gasteiger partial charge in [0.25, 0.3) is 0 Å². The molecule has 2 aromatic heterocycles. The largest absolute Gasteiger partial charge is 0.476 e. The number of carbonyl (C=O) groups is 1. The molecule has 0 spiro atoms. The summed E-state index contributed by atoms with van der Waals surface area (Å²) in [5, 5.41) is 3.26. The number of hydrogen-bond acceptors (Lipinski definition) is 7. The highest BCUT2D eigenvalue weighted by atomic mass is 16.5. The Bertz CT molecular complexity index is 987. The average molecular weight is 389 g/mol. The van der Waals surface area contributed by atoms with Gasteiger partial charge >= 0.3 is 0 Å². The van der Waals surface area contributed by atoms with Gasteiger partial charge in [0.2, 0.25) is 5.88 Å². The molecule has 0 radical (unpaired) electrons. The van der Waals surface area contributed by atoms with Crippen molar-refractivity contribution in [1.82, 2.24) is 15.0 Å². The van der Waals surface area contributed by atoms with E-state index in [9.17, 15) is 4.79 Å². The molecule has 29 heavy (non-hydrogen) atoms. The number of nitrogen functional groups attached to an aromatic ring is 1. The zero-order chi connectivity index (χ0) is 20.1. The molecule has 0 amide bonds. The molecule has 1 aliphatic rings. The molecule has 7 heteroatoms. The lowest BCUT2D eigenvalue weighted by atomic mass is 10.0. The molecule has 7 nitrogen and oxygen atoms in total. The van der Waals surface area contributed by atoms with Gasteiger partial charge in [0, 0.05) is 19.2 Å². The molecule has 2 heterocycles. The molecule has 1 aliphatic carbocycles. The van der Waals surface area contributed by atoms with Crippen molar-refractivity contribution < 1.29 is 9.53 Å². The maximum Gasteiger partial charge on any atom is 0.232 e. The maximum absolute atomic E-state index is 12.6. The van der Waals surface area contributed by atoms with E-state index in [1.54, 1.807) is 6.20 Å². The van der Waals surface area contributed by atoms with Crippen LogP contribution < -0.4 is 15.8 Å². The Labute approximate surface area is 169 Å². The summed E-state index contributed by atoms with van der Waals surface area (Å²) in [4.78, 5) is 25.0. The van der Waals surface area contributed by atoms with Crippen molar-refractivity contribution in [3.8, 4) is 5.88 Å². The van der Waals surface area contributed by atoms with Crippen LogP contribution in [0.3, 0.4) is 0 Å². The van der Waals surface area contributed by atoms with Gasteiger partial charge in [-0.3, -0.25) is 4.79 Å². The van der Waals surface area contributed by atoms with Gasteiger partial charge in [0.05, 0.1) is 24.7 Å². The molecule has 0 atom stereocenters. The first kappa shape index (κ1) is 18.9. The molecule has 3 N–H and O–H groups in total. The van der Waals surface area contributed by atoms with Crippen LogP contribution in [0.5, 0.6) is 5.88 Å². The third-order valence-corrected chi connectivity index (χ3v) is 4.76. The number of ether oxygens (including phenoxy) is 1. The zero-order valence-corrected chi connectivity index (χ0v) is 16.0. The number of carbonyl (C=O) groups excluding carboxylic acids is 1. The highest BCUT2D eigenvalue weighted by Crippen LogP contribution is 2.29. The molecule has 148 valence electrons. The van der Waals surface area contributed by atoms with Gasteiger partial charge in [-0.15, -0.1) is 0 Å². The monoisotopic (exact) mass is 389 g/mol. The summed E-state index contributed by atoms with van der Waals surface area (Å²) in [6.45, 7) is 1.26. The summed E-state index contributed by atoms with van der Waals surface area (Å²) in [5.41, 5.74) is 8.95. The molecule has 0 unspecified atom stereocenters. The molecular weight excluding hydrogens is 366 g/mol. The molecule has 0 aliphatic heterocycles. The first-order chi connectivity index (χ1) is 14.2. The SMILES string of the molecule is Nc1ncccc1NCc1cccc(CC(=O)c2cnc(OCC3CC3)cn2)c1. The minimum absolute atomic E-state index is 0.0761. The van der Waals surface area contributed by atoms with Gasteiger partial charge in [0.1, 0.15) is 11.5 Å². The summed E-state index contributed by atoms with van der Waals surface area (Å²) in [5.74, 6) is 1.50. The number of benzene rings is 1. The summed E-state index contributed by atoms with van der Waals surface area (Å²) in [6, 6.07) is 11.6. The Hall–Kier alpha value is -3.48. The van der Waals surface area contributed by atoms with Crippen LogP contribution in [0.1, 0.15) is 34.5 Å². The zero-order valence-electron chi connectivity index (χ0n) is 16.0. The van der Waals surface area contributed by atoms with Gasteiger partial charge in [-0.05, 0) is 42.0 Å². The second-order valence-electron chi connectivity index (χ2n) is 7.20. The summed E-state index contributed by atoms with van der Waals surface area (Å²) < 4.78 is 5.57. The molecule has 3 aromatic rings. The number of rotatable bonds is 9. The standard InChI is InChI=1S/C22H23N5O2/c23-22-18(5-2-8-24-22)25-11-17-4-1-3-16(9-17)10-20(28)19-12-27-21(13-26-19)29-14-15-6-7-15/h1-5,8-9,12-13,15,25H,6-7,10-11,14H2,(H2,23,24). The molecular formula is C22H23N5O2. The lowest BCUT2D eigenvalue weighted by molar-refractivity contribution is 0.0987. The first-order valence-electron chi connectivity index (χ1n) is 9.67. The fourth-order valence-electron chi connectivity index (χ4n) is 2.91. The number of nitrogens with two attached hydrogens (primary N) is 1. The highest BCUT2D eigenvalue weighted by molar-refractivity contribution is 5.95. The molecule has 0 bridgehead atoms. The third kappa shape index (κ3) is 5.28. The lowest BCUT2D eigenvalue weighted by Gasteiger charge is -2.09. The van der Waals surface area contributed by atoms with Crippen LogP contribution in [0.4, 0.5) is 11.5 Å². The predicted octanol–water partition coefficient (Wildman–Crippen LogP) is 3.28. The van der Waals surface area contributed by atoms with Gasteiger partial charge in [-0.25, -0.2) is 15.0 Å². The number of nitrogens with one attached hydrogen (secondary N) is 1. The Balaban J connectivity index is 1.34. The van der Waals surface area contributed by atoms with Crippen LogP contribution in [0.15, 0.2) is 55.0 Å². The Morgan fingerprint density at radius 2 is 1.97 bits per heavy atom. The Morgan fingerprint density at radius 3 is 2.72 bits per heavy atom. The van der Waals surface area contributed by atoms with E-state index in [2.05, 4.69) is 20.3 Å². The van der Waals surface area contributed by atoms with Crippen molar-refractivity contribution in [3.63, 3.8) is 0 Å². The average Bonchev–Trinajstić information content (AvgIpc) is 3.57. The van der Waals surface area contributed by atoms with E-state index >= 15 is 0 Å². The number of Topliss-reactive ketones (excluding diaryl/α,β-unsaturated/α-hetero) is 1. The smallest absolute Gasteiger partial charge is 0.232 e. The third-order valence-electron chi connectivity index (χ3n) is 4.76. The van der Waals surface area contributed by atoms with Crippen molar-refractivity contribution in [2.24, 2.45) is 5.92 Å². The van der Waals surface area contributed by atoms with Crippen LogP contribution in [-0.4, -0.2) is 27.3 Å². The van der Waals surface area contributed by atoms with Crippen molar-refractivity contribution in [3.05, 3.63) is 71.8 Å². The molecule has 1 saturated carbocycles. The number of ketones is 1. The van der Waals surface area contributed by atoms with Crippen molar-refractivity contribution in [2.75, 3.05) is 17.7 Å². The quantitative estimate of drug-likeness (QED) is 0.541. The van der Waals surface area contributed by atoms with Crippen LogP contribution >= 0.6 is 0 Å². The summed E-state index contributed by atoms with van der Waals surface area (Å²) in [7, 11) is 0. The van der Waals surface area contributed by atoms with E-state index in [4.69, 9.17) is 10.5 Å². The first-order valence-corrected chi connectivity index (χ1v) is 9.67. The number of anilines is 2. The van der Waals surface area contributed by atoms with Gasteiger partial charge in [-0.1, -0.05) is 24.3 Å². The minimum Gasteiger partial charge on any atom is -0.476 e. The topological polar surface area (TPSA) is 103 Å². The molecule has 1 fully saturated rings. The fraction of sp³-hybridized carbons (Fsp3) is 0.273. The molecule has 1 aromatic carbocycles. The molecule has 4 rings (SSSR count). The summed E-state index contributed by atoms with van der Waals surface area (Å²) in [6.07, 6.45) is 7.36. The highest BCUT2D eigenvalue weighted by Gasteiger charge is 2.22. The van der Waals surface area contributed by atoms with E-state index in [1.807, 2.05) is 36.4 Å². The van der Waals surface area contributed by atoms with Crippen LogP contribution in [0, 0.1) is 5.92 Å². The normalized spacial score (nSPS) is 13.1. The van der Waals surface area contributed by atoms with E-state index in [-0.39, 0.29) is 12.2 Å². The number of pyridine rings is 1. The Kier molecular flexibility index (Phi) is 5.65. The van der Waals surface area contributed by atoms with Crippen molar-refractivity contribution in [1.29, 1.82) is 0 Å². The fourth-order valence-corrected chi connectivity index (χ4v) is 2.91. The van der Waals surface area contributed by atoms with Gasteiger partial charge in [0.15, 0.2) is 5.78 Å². The van der Waals surface area contributed by atoms with Crippen LogP contribution in [-0.2, 0) is 13.0 Å². The second kappa shape index (κ2) is 8.68. The van der Waals surface area contributed by atoms with E-state index < -0.39 is 0 Å². The number of nitrogens with zero attached hydrogens (tertiary/aromatic N) is 3. The second-order valence-corrected chi connectivity index (χ2v) is 7.20. The van der Waals surface area contributed by atoms with Crippen molar-refractivity contribution >= 4 is 17.3 Å². The van der Waals surface area contributed by atoms with Gasteiger partial charge < -0.3 is 15.8 Å².